The van der Waals surface area contributed by atoms with E-state index < -0.39 is 11.2 Å². The lowest BCUT2D eigenvalue weighted by Gasteiger charge is -2.25. The van der Waals surface area contributed by atoms with Crippen LogP contribution in [0, 0.1) is 0 Å². The van der Waals surface area contributed by atoms with Crippen LogP contribution in [0.1, 0.15) is 34.8 Å². The molecule has 1 aliphatic heterocycles. The number of amides is 1. The zero-order valence-electron chi connectivity index (χ0n) is 13.6. The Kier molecular flexibility index (Phi) is 4.20. The van der Waals surface area contributed by atoms with Crippen LogP contribution in [-0.2, 0) is 0 Å². The average molecular weight is 329 g/mol. The van der Waals surface area contributed by atoms with Gasteiger partial charge in [-0.25, -0.2) is 9.78 Å². The van der Waals surface area contributed by atoms with E-state index in [2.05, 4.69) is 15.0 Å². The van der Waals surface area contributed by atoms with Gasteiger partial charge in [0.15, 0.2) is 0 Å². The van der Waals surface area contributed by atoms with Gasteiger partial charge in [-0.3, -0.25) is 14.6 Å². The molecule has 126 valence electrons. The molecule has 1 saturated heterocycles. The van der Waals surface area contributed by atoms with Crippen molar-refractivity contribution in [2.24, 2.45) is 0 Å². The van der Waals surface area contributed by atoms with E-state index in [1.807, 2.05) is 31.1 Å². The second-order valence-electron chi connectivity index (χ2n) is 5.98. The van der Waals surface area contributed by atoms with Crippen molar-refractivity contribution in [2.45, 2.75) is 18.9 Å². The van der Waals surface area contributed by atoms with E-state index >= 15 is 0 Å². The highest BCUT2D eigenvalue weighted by Gasteiger charge is 2.32. The van der Waals surface area contributed by atoms with Gasteiger partial charge in [0, 0.05) is 33.0 Å². The average Bonchev–Trinajstić information content (AvgIpc) is 3.04. The largest absolute Gasteiger partial charge is 0.363 e. The molecule has 8 nitrogen and oxygen atoms in total. The summed E-state index contributed by atoms with van der Waals surface area (Å²) < 4.78 is 0. The summed E-state index contributed by atoms with van der Waals surface area (Å²) in [6, 6.07) is 3.74. The summed E-state index contributed by atoms with van der Waals surface area (Å²) in [5.74, 6) is 0.437. The van der Waals surface area contributed by atoms with Crippen molar-refractivity contribution in [2.75, 3.05) is 25.5 Å². The third-order valence-corrected chi connectivity index (χ3v) is 4.18. The van der Waals surface area contributed by atoms with Crippen molar-refractivity contribution in [3.8, 4) is 0 Å². The maximum absolute atomic E-state index is 12.7. The Bertz CT molecular complexity index is 870. The lowest BCUT2D eigenvalue weighted by molar-refractivity contribution is 0.0733. The smallest absolute Gasteiger partial charge is 0.325 e. The van der Waals surface area contributed by atoms with E-state index in [9.17, 15) is 14.4 Å². The van der Waals surface area contributed by atoms with E-state index in [4.69, 9.17) is 0 Å². The highest BCUT2D eigenvalue weighted by molar-refractivity contribution is 5.94. The number of nitrogens with one attached hydrogen (secondary N) is 2. The fraction of sp³-hybridized carbons (Fsp3) is 0.375. The van der Waals surface area contributed by atoms with Gasteiger partial charge in [0.05, 0.1) is 6.04 Å². The SMILES string of the molecule is CN(C)c1cc([C@@H]2CCCN2C(=O)c2c[nH]c(=O)[nH]c2=O)ccn1. The first-order chi connectivity index (χ1) is 11.5. The fourth-order valence-corrected chi connectivity index (χ4v) is 2.97. The fourth-order valence-electron chi connectivity index (χ4n) is 2.97. The van der Waals surface area contributed by atoms with Crippen LogP contribution in [0.5, 0.6) is 0 Å². The molecule has 1 aliphatic rings. The number of likely N-dealkylation sites (tertiary alicyclic amines) is 1. The normalized spacial score (nSPS) is 17.1. The molecule has 3 heterocycles. The number of nitrogens with zero attached hydrogens (tertiary/aromatic N) is 3. The number of carbonyl (C=O) groups excluding carboxylic acids is 1. The second-order valence-corrected chi connectivity index (χ2v) is 5.98. The third-order valence-electron chi connectivity index (χ3n) is 4.18. The quantitative estimate of drug-likeness (QED) is 0.854. The molecule has 0 spiro atoms. The minimum Gasteiger partial charge on any atom is -0.363 e. The van der Waals surface area contributed by atoms with Gasteiger partial charge < -0.3 is 14.8 Å². The topological polar surface area (TPSA) is 102 Å². The molecule has 0 radical (unpaired) electrons. The third kappa shape index (κ3) is 2.94. The molecule has 2 aromatic heterocycles. The first-order valence-corrected chi connectivity index (χ1v) is 7.73. The zero-order valence-corrected chi connectivity index (χ0v) is 13.6. The first kappa shape index (κ1) is 16.0. The number of hydrogen-bond acceptors (Lipinski definition) is 5. The molecule has 3 rings (SSSR count). The van der Waals surface area contributed by atoms with Crippen molar-refractivity contribution in [1.29, 1.82) is 0 Å². The molecular weight excluding hydrogens is 310 g/mol. The molecule has 2 N–H and O–H groups in total. The predicted molar refractivity (Wildman–Crippen MR) is 89.3 cm³/mol. The maximum Gasteiger partial charge on any atom is 0.325 e. The lowest BCUT2D eigenvalue weighted by Crippen LogP contribution is -2.36. The number of aromatic nitrogens is 3. The summed E-state index contributed by atoms with van der Waals surface area (Å²) in [5.41, 5.74) is -0.360. The van der Waals surface area contributed by atoms with Gasteiger partial charge >= 0.3 is 5.69 Å². The summed E-state index contributed by atoms with van der Waals surface area (Å²) in [7, 11) is 3.81. The number of hydrogen-bond donors (Lipinski definition) is 2. The van der Waals surface area contributed by atoms with Crippen LogP contribution in [0.2, 0.25) is 0 Å². The Morgan fingerprint density at radius 2 is 2.17 bits per heavy atom. The van der Waals surface area contributed by atoms with Gasteiger partial charge in [-0.15, -0.1) is 0 Å². The molecule has 0 unspecified atom stereocenters. The number of carbonyl (C=O) groups is 1. The molecule has 8 heteroatoms. The van der Waals surface area contributed by atoms with Crippen molar-refractivity contribution < 1.29 is 4.79 Å². The molecular formula is C16H19N5O3. The highest BCUT2D eigenvalue weighted by atomic mass is 16.2. The minimum absolute atomic E-state index is 0.0524. The van der Waals surface area contributed by atoms with Crippen LogP contribution >= 0.6 is 0 Å². The minimum atomic E-state index is -0.668. The lowest BCUT2D eigenvalue weighted by atomic mass is 10.1. The molecule has 0 aromatic carbocycles. The molecule has 2 aromatic rings. The summed E-state index contributed by atoms with van der Waals surface area (Å²) >= 11 is 0. The Morgan fingerprint density at radius 3 is 2.88 bits per heavy atom. The van der Waals surface area contributed by atoms with E-state index in [0.29, 0.717) is 6.54 Å². The Balaban J connectivity index is 1.93. The molecule has 1 amide bonds. The van der Waals surface area contributed by atoms with Crippen LogP contribution in [0.4, 0.5) is 5.82 Å². The van der Waals surface area contributed by atoms with Gasteiger partial charge in [-0.2, -0.15) is 0 Å². The van der Waals surface area contributed by atoms with Crippen LogP contribution in [0.15, 0.2) is 34.1 Å². The van der Waals surface area contributed by atoms with Crippen molar-refractivity contribution >= 4 is 11.7 Å². The number of anilines is 1. The highest BCUT2D eigenvalue weighted by Crippen LogP contribution is 2.33. The molecule has 0 saturated carbocycles. The van der Waals surface area contributed by atoms with E-state index in [-0.39, 0.29) is 17.5 Å². The van der Waals surface area contributed by atoms with Gasteiger partial charge in [0.25, 0.3) is 11.5 Å². The summed E-state index contributed by atoms with van der Waals surface area (Å²) in [5, 5.41) is 0. The Morgan fingerprint density at radius 1 is 1.38 bits per heavy atom. The molecule has 1 atom stereocenters. The van der Waals surface area contributed by atoms with Crippen LogP contribution in [-0.4, -0.2) is 46.4 Å². The van der Waals surface area contributed by atoms with Gasteiger partial charge in [0.2, 0.25) is 0 Å². The number of aromatic amines is 2. The van der Waals surface area contributed by atoms with E-state index in [1.165, 1.54) is 6.20 Å². The Labute approximate surface area is 138 Å². The van der Waals surface area contributed by atoms with Crippen LogP contribution < -0.4 is 16.1 Å². The first-order valence-electron chi connectivity index (χ1n) is 7.73. The van der Waals surface area contributed by atoms with Crippen molar-refractivity contribution in [3.05, 3.63) is 56.5 Å². The van der Waals surface area contributed by atoms with Crippen molar-refractivity contribution in [1.82, 2.24) is 19.9 Å². The van der Waals surface area contributed by atoms with E-state index in [1.54, 1.807) is 11.1 Å². The number of pyridine rings is 1. The number of H-pyrrole nitrogens is 2. The predicted octanol–water partition coefficient (Wildman–Crippen LogP) is 0.501. The van der Waals surface area contributed by atoms with Gasteiger partial charge in [-0.05, 0) is 30.5 Å². The van der Waals surface area contributed by atoms with Crippen LogP contribution in [0.3, 0.4) is 0 Å². The van der Waals surface area contributed by atoms with Crippen molar-refractivity contribution in [3.63, 3.8) is 0 Å². The Hall–Kier alpha value is -2.90. The molecule has 24 heavy (non-hydrogen) atoms. The summed E-state index contributed by atoms with van der Waals surface area (Å²) in [4.78, 5) is 48.1. The zero-order chi connectivity index (χ0) is 17.3. The molecule has 0 bridgehead atoms. The van der Waals surface area contributed by atoms with Crippen LogP contribution in [0.25, 0.3) is 0 Å². The maximum atomic E-state index is 12.7. The standard InChI is InChI=1S/C16H19N5O3/c1-20(2)13-8-10(5-6-17-13)12-4-3-7-21(12)15(23)11-9-18-16(24)19-14(11)22/h5-6,8-9,12H,3-4,7H2,1-2H3,(H2,18,19,22,24)/t12-/m0/s1. The van der Waals surface area contributed by atoms with E-state index in [0.717, 1.165) is 24.2 Å². The van der Waals surface area contributed by atoms with Gasteiger partial charge in [0.1, 0.15) is 11.4 Å². The monoisotopic (exact) mass is 329 g/mol. The summed E-state index contributed by atoms with van der Waals surface area (Å²) in [6.45, 7) is 0.571. The summed E-state index contributed by atoms with van der Waals surface area (Å²) in [6.07, 6.45) is 4.58. The number of rotatable bonds is 3. The molecule has 0 aliphatic carbocycles. The second kappa shape index (κ2) is 6.31. The molecule has 1 fully saturated rings. The van der Waals surface area contributed by atoms with Gasteiger partial charge in [-0.1, -0.05) is 0 Å².